The van der Waals surface area contributed by atoms with Crippen molar-refractivity contribution in [2.24, 2.45) is 0 Å². The molecule has 0 aliphatic carbocycles. The minimum atomic E-state index is -1.27. The van der Waals surface area contributed by atoms with Crippen molar-refractivity contribution in [3.63, 3.8) is 0 Å². The summed E-state index contributed by atoms with van der Waals surface area (Å²) < 4.78 is 0. The number of hydrogen-bond acceptors (Lipinski definition) is 5. The Labute approximate surface area is 88.4 Å². The molecule has 0 atom stereocenters. The van der Waals surface area contributed by atoms with Crippen molar-refractivity contribution in [2.75, 3.05) is 0 Å². The van der Waals surface area contributed by atoms with Gasteiger partial charge in [-0.2, -0.15) is 0 Å². The molecule has 0 bridgehead atoms. The van der Waals surface area contributed by atoms with E-state index in [0.717, 1.165) is 11.3 Å². The quantitative estimate of drug-likeness (QED) is 0.735. The molecule has 5 nitrogen and oxygen atoms in total. The Morgan fingerprint density at radius 1 is 1.47 bits per heavy atom. The van der Waals surface area contributed by atoms with Crippen LogP contribution in [0.3, 0.4) is 0 Å². The van der Waals surface area contributed by atoms with Gasteiger partial charge in [0.05, 0.1) is 16.2 Å². The first-order valence-electron chi connectivity index (χ1n) is 4.22. The number of H-pyrrole nitrogens is 1. The van der Waals surface area contributed by atoms with E-state index in [2.05, 4.69) is 9.97 Å². The number of fused-ring (bicyclic) bond motifs is 1. The lowest BCUT2D eigenvalue weighted by molar-refractivity contribution is -0.254. The van der Waals surface area contributed by atoms with Gasteiger partial charge < -0.3 is 14.9 Å². The molecule has 15 heavy (non-hydrogen) atoms. The summed E-state index contributed by atoms with van der Waals surface area (Å²) in [5.74, 6) is -0.800. The third kappa shape index (κ3) is 1.42. The highest BCUT2D eigenvalue weighted by Gasteiger charge is 2.13. The fraction of sp³-hybridized carbons (Fsp3) is 0.222. The molecule has 0 amide bonds. The molecular weight excluding hydrogens is 216 g/mol. The summed E-state index contributed by atoms with van der Waals surface area (Å²) in [6.45, 7) is 3.23. The Hall–Kier alpha value is -1.69. The van der Waals surface area contributed by atoms with Gasteiger partial charge in [-0.25, -0.2) is 4.98 Å². The van der Waals surface area contributed by atoms with Crippen LogP contribution in [-0.2, 0) is 0 Å². The predicted molar refractivity (Wildman–Crippen MR) is 54.0 cm³/mol. The van der Waals surface area contributed by atoms with Crippen LogP contribution in [0.5, 0.6) is 0 Å². The summed E-state index contributed by atoms with van der Waals surface area (Å²) in [4.78, 5) is 29.4. The fourth-order valence-corrected chi connectivity index (χ4v) is 2.51. The van der Waals surface area contributed by atoms with Crippen molar-refractivity contribution in [1.82, 2.24) is 9.97 Å². The number of hydrogen-bond donors (Lipinski definition) is 1. The first-order valence-corrected chi connectivity index (χ1v) is 5.03. The fourth-order valence-electron chi connectivity index (χ4n) is 1.45. The van der Waals surface area contributed by atoms with E-state index in [9.17, 15) is 14.7 Å². The van der Waals surface area contributed by atoms with Crippen molar-refractivity contribution in [3.05, 3.63) is 26.6 Å². The van der Waals surface area contributed by atoms with Crippen molar-refractivity contribution < 1.29 is 9.90 Å². The maximum atomic E-state index is 11.6. The molecule has 1 N–H and O–H groups in total. The molecule has 0 unspecified atom stereocenters. The molecule has 2 heterocycles. The number of carbonyl (C=O) groups excluding carboxylic acids is 1. The predicted octanol–water partition coefficient (Wildman–Crippen LogP) is -0.0351. The molecule has 0 saturated heterocycles. The van der Waals surface area contributed by atoms with E-state index in [1.807, 2.05) is 0 Å². The third-order valence-electron chi connectivity index (χ3n) is 2.10. The standard InChI is InChI=1S/C9H8N2O3S/c1-3-5-7(12)10-4(2)11-8(5)15-6(3)9(13)14/h1-2H3,(H,13,14)(H,10,11,12)/p-1. The van der Waals surface area contributed by atoms with Crippen LogP contribution >= 0.6 is 11.3 Å². The molecule has 78 valence electrons. The van der Waals surface area contributed by atoms with E-state index in [0.29, 0.717) is 21.6 Å². The van der Waals surface area contributed by atoms with Crippen molar-refractivity contribution in [2.45, 2.75) is 13.8 Å². The van der Waals surface area contributed by atoms with E-state index in [1.54, 1.807) is 13.8 Å². The number of rotatable bonds is 1. The second kappa shape index (κ2) is 3.16. The van der Waals surface area contributed by atoms with Crippen LogP contribution in [0.2, 0.25) is 0 Å². The van der Waals surface area contributed by atoms with Gasteiger partial charge in [0, 0.05) is 0 Å². The van der Waals surface area contributed by atoms with Crippen LogP contribution in [0.25, 0.3) is 10.2 Å². The third-order valence-corrected chi connectivity index (χ3v) is 3.27. The highest BCUT2D eigenvalue weighted by molar-refractivity contribution is 7.20. The number of thiophene rings is 1. The van der Waals surface area contributed by atoms with Gasteiger partial charge in [0.25, 0.3) is 5.56 Å². The molecule has 6 heteroatoms. The van der Waals surface area contributed by atoms with E-state index in [-0.39, 0.29) is 10.4 Å². The number of aromatic amines is 1. The van der Waals surface area contributed by atoms with Gasteiger partial charge in [0.1, 0.15) is 10.7 Å². The monoisotopic (exact) mass is 223 g/mol. The molecular formula is C9H7N2O3S-. The summed E-state index contributed by atoms with van der Waals surface area (Å²) in [6.07, 6.45) is 0. The lowest BCUT2D eigenvalue weighted by Crippen LogP contribution is -2.21. The highest BCUT2D eigenvalue weighted by Crippen LogP contribution is 2.25. The zero-order valence-electron chi connectivity index (χ0n) is 8.08. The Balaban J connectivity index is 2.94. The number of carboxylic acid groups (broad SMARTS) is 1. The van der Waals surface area contributed by atoms with Crippen LogP contribution in [0.4, 0.5) is 0 Å². The Morgan fingerprint density at radius 3 is 2.73 bits per heavy atom. The van der Waals surface area contributed by atoms with Crippen LogP contribution in [0.1, 0.15) is 21.1 Å². The normalized spacial score (nSPS) is 10.8. The Kier molecular flexibility index (Phi) is 2.08. The molecule has 0 aliphatic heterocycles. The SMILES string of the molecule is Cc1nc2sc(C(=O)[O-])c(C)c2c(=O)[nH]1. The zero-order valence-corrected chi connectivity index (χ0v) is 8.90. The maximum Gasteiger partial charge on any atom is 0.259 e. The van der Waals surface area contributed by atoms with Crippen LogP contribution in [0.15, 0.2) is 4.79 Å². The van der Waals surface area contributed by atoms with E-state index < -0.39 is 5.97 Å². The largest absolute Gasteiger partial charge is 0.544 e. The van der Waals surface area contributed by atoms with Crippen LogP contribution in [-0.4, -0.2) is 15.9 Å². The van der Waals surface area contributed by atoms with Crippen molar-refractivity contribution >= 4 is 27.5 Å². The smallest absolute Gasteiger partial charge is 0.259 e. The molecule has 0 spiro atoms. The van der Waals surface area contributed by atoms with E-state index in [1.165, 1.54) is 0 Å². The summed E-state index contributed by atoms with van der Waals surface area (Å²) >= 11 is 0.967. The minimum Gasteiger partial charge on any atom is -0.544 e. The van der Waals surface area contributed by atoms with Crippen molar-refractivity contribution in [1.29, 1.82) is 0 Å². The van der Waals surface area contributed by atoms with Gasteiger partial charge in [-0.3, -0.25) is 4.79 Å². The number of carbonyl (C=O) groups is 1. The molecule has 0 saturated carbocycles. The molecule has 2 aromatic heterocycles. The molecule has 2 rings (SSSR count). The number of nitrogens with zero attached hydrogens (tertiary/aromatic N) is 1. The van der Waals surface area contributed by atoms with Crippen LogP contribution < -0.4 is 10.7 Å². The number of nitrogens with one attached hydrogen (secondary N) is 1. The van der Waals surface area contributed by atoms with E-state index >= 15 is 0 Å². The number of carboxylic acids is 1. The molecule has 0 aromatic carbocycles. The van der Waals surface area contributed by atoms with Gasteiger partial charge in [-0.05, 0) is 19.4 Å². The number of aryl methyl sites for hydroxylation is 2. The summed E-state index contributed by atoms with van der Waals surface area (Å²) in [7, 11) is 0. The average Bonchev–Trinajstić information content (AvgIpc) is 2.42. The summed E-state index contributed by atoms with van der Waals surface area (Å²) in [5.41, 5.74) is 0.113. The molecule has 0 radical (unpaired) electrons. The Morgan fingerprint density at radius 2 is 2.13 bits per heavy atom. The van der Waals surface area contributed by atoms with Gasteiger partial charge in [0.2, 0.25) is 0 Å². The number of aromatic carboxylic acids is 1. The first kappa shape index (κ1) is 9.85. The lowest BCUT2D eigenvalue weighted by Gasteiger charge is -1.97. The Bertz CT molecular complexity index is 612. The van der Waals surface area contributed by atoms with Gasteiger partial charge in [-0.15, -0.1) is 11.3 Å². The number of aromatic nitrogens is 2. The highest BCUT2D eigenvalue weighted by atomic mass is 32.1. The first-order chi connectivity index (χ1) is 7.00. The minimum absolute atomic E-state index is 0.0635. The summed E-state index contributed by atoms with van der Waals surface area (Å²) in [5, 5.41) is 11.1. The maximum absolute atomic E-state index is 11.6. The topological polar surface area (TPSA) is 85.9 Å². The second-order valence-electron chi connectivity index (χ2n) is 3.18. The molecule has 0 fully saturated rings. The van der Waals surface area contributed by atoms with E-state index in [4.69, 9.17) is 0 Å². The second-order valence-corrected chi connectivity index (χ2v) is 4.17. The lowest BCUT2D eigenvalue weighted by atomic mass is 10.2. The summed E-state index contributed by atoms with van der Waals surface area (Å²) in [6, 6.07) is 0. The van der Waals surface area contributed by atoms with Crippen LogP contribution in [0, 0.1) is 13.8 Å². The van der Waals surface area contributed by atoms with Gasteiger partial charge in [0.15, 0.2) is 0 Å². The zero-order chi connectivity index (χ0) is 11.2. The van der Waals surface area contributed by atoms with Crippen molar-refractivity contribution in [3.8, 4) is 0 Å². The molecule has 0 aliphatic rings. The molecule has 2 aromatic rings. The average molecular weight is 223 g/mol. The van der Waals surface area contributed by atoms with Gasteiger partial charge >= 0.3 is 0 Å². The van der Waals surface area contributed by atoms with Gasteiger partial charge in [-0.1, -0.05) is 0 Å².